The van der Waals surface area contributed by atoms with Gasteiger partial charge in [-0.3, -0.25) is 0 Å². The minimum Gasteiger partial charge on any atom is -0.488 e. The average Bonchev–Trinajstić information content (AvgIpc) is 2.88. The summed E-state index contributed by atoms with van der Waals surface area (Å²) in [5.74, 6) is 0.989. The predicted molar refractivity (Wildman–Crippen MR) is 90.1 cm³/mol. The monoisotopic (exact) mass is 298 g/mol. The molecule has 0 radical (unpaired) electrons. The van der Waals surface area contributed by atoms with Gasteiger partial charge in [0, 0.05) is 17.7 Å². The van der Waals surface area contributed by atoms with Gasteiger partial charge in [0.25, 0.3) is 0 Å². The number of aryl methyl sites for hydroxylation is 1. The van der Waals surface area contributed by atoms with E-state index in [1.807, 2.05) is 43.3 Å². The molecular weight excluding hydrogens is 280 g/mol. The van der Waals surface area contributed by atoms with Crippen molar-refractivity contribution >= 4 is 22.9 Å². The van der Waals surface area contributed by atoms with Crippen molar-refractivity contribution in [3.05, 3.63) is 59.2 Å². The molecule has 0 saturated heterocycles. The summed E-state index contributed by atoms with van der Waals surface area (Å²) in [6.07, 6.45) is 1.07. The molecule has 1 aliphatic rings. The van der Waals surface area contributed by atoms with Gasteiger partial charge in [-0.15, -0.1) is 0 Å². The van der Waals surface area contributed by atoms with E-state index in [9.17, 15) is 0 Å². The quantitative estimate of drug-likeness (QED) is 0.852. The van der Waals surface area contributed by atoms with Gasteiger partial charge >= 0.3 is 0 Å². The average molecular weight is 298 g/mol. The van der Waals surface area contributed by atoms with Gasteiger partial charge in [-0.25, -0.2) is 0 Å². The zero-order valence-electron chi connectivity index (χ0n) is 11.9. The van der Waals surface area contributed by atoms with E-state index in [-0.39, 0.29) is 6.10 Å². The molecule has 1 atom stereocenters. The van der Waals surface area contributed by atoms with E-state index in [0.29, 0.717) is 4.99 Å². The minimum absolute atomic E-state index is 0.142. The molecule has 1 aliphatic heterocycles. The van der Waals surface area contributed by atoms with Crippen LogP contribution in [0.4, 0.5) is 5.69 Å². The maximum atomic E-state index is 5.93. The van der Waals surface area contributed by atoms with Gasteiger partial charge in [-0.05, 0) is 30.7 Å². The van der Waals surface area contributed by atoms with Crippen LogP contribution in [0.15, 0.2) is 42.5 Å². The number of hydrogen-bond acceptors (Lipinski definition) is 3. The first-order chi connectivity index (χ1) is 10.1. The van der Waals surface area contributed by atoms with Crippen molar-refractivity contribution in [2.24, 2.45) is 5.73 Å². The van der Waals surface area contributed by atoms with Crippen molar-refractivity contribution in [1.29, 1.82) is 0 Å². The third-order valence-corrected chi connectivity index (χ3v) is 3.89. The van der Waals surface area contributed by atoms with E-state index in [2.05, 4.69) is 11.4 Å². The summed E-state index contributed by atoms with van der Waals surface area (Å²) < 4.78 is 5.93. The first kappa shape index (κ1) is 13.9. The molecule has 0 saturated carbocycles. The number of fused-ring (bicyclic) bond motifs is 1. The number of nitrogens with two attached hydrogens (primary N) is 1. The Balaban J connectivity index is 1.68. The molecule has 2 aromatic rings. The number of ether oxygens (including phenoxy) is 1. The van der Waals surface area contributed by atoms with Crippen molar-refractivity contribution in [1.82, 2.24) is 0 Å². The number of para-hydroxylation sites is 1. The molecule has 0 bridgehead atoms. The SMILES string of the molecule is Cc1ccc(NCC2Cc3ccccc3O2)c(C(N)=S)c1. The molecule has 4 heteroatoms. The lowest BCUT2D eigenvalue weighted by Crippen LogP contribution is -2.25. The number of rotatable bonds is 4. The molecule has 3 nitrogen and oxygen atoms in total. The largest absolute Gasteiger partial charge is 0.488 e. The van der Waals surface area contributed by atoms with Gasteiger partial charge in [-0.2, -0.15) is 0 Å². The normalized spacial score (nSPS) is 16.1. The number of anilines is 1. The molecule has 1 heterocycles. The number of hydrogen-bond donors (Lipinski definition) is 2. The summed E-state index contributed by atoms with van der Waals surface area (Å²) in [4.78, 5) is 0.414. The Bertz CT molecular complexity index is 659. The lowest BCUT2D eigenvalue weighted by Gasteiger charge is -2.16. The van der Waals surface area contributed by atoms with E-state index in [1.54, 1.807) is 0 Å². The molecule has 2 aromatic carbocycles. The van der Waals surface area contributed by atoms with Crippen LogP contribution in [0.1, 0.15) is 16.7 Å². The Morgan fingerprint density at radius 2 is 2.14 bits per heavy atom. The Morgan fingerprint density at radius 1 is 1.33 bits per heavy atom. The van der Waals surface area contributed by atoms with Crippen molar-refractivity contribution in [3.63, 3.8) is 0 Å². The van der Waals surface area contributed by atoms with Crippen LogP contribution in [-0.4, -0.2) is 17.6 Å². The zero-order chi connectivity index (χ0) is 14.8. The molecule has 0 aliphatic carbocycles. The fraction of sp³-hybridized carbons (Fsp3) is 0.235. The van der Waals surface area contributed by atoms with E-state index in [4.69, 9.17) is 22.7 Å². The second-order valence-electron chi connectivity index (χ2n) is 5.35. The fourth-order valence-corrected chi connectivity index (χ4v) is 2.78. The van der Waals surface area contributed by atoms with Crippen LogP contribution in [0, 0.1) is 6.92 Å². The smallest absolute Gasteiger partial charge is 0.123 e. The first-order valence-electron chi connectivity index (χ1n) is 7.02. The van der Waals surface area contributed by atoms with Crippen molar-refractivity contribution in [2.75, 3.05) is 11.9 Å². The molecule has 0 fully saturated rings. The zero-order valence-corrected chi connectivity index (χ0v) is 12.7. The summed E-state index contributed by atoms with van der Waals surface area (Å²) in [6.45, 7) is 2.76. The molecular formula is C17H18N2OS. The van der Waals surface area contributed by atoms with E-state index in [1.165, 1.54) is 5.56 Å². The van der Waals surface area contributed by atoms with E-state index < -0.39 is 0 Å². The Labute approximate surface area is 130 Å². The molecule has 3 N–H and O–H groups in total. The predicted octanol–water partition coefficient (Wildman–Crippen LogP) is 3.04. The third kappa shape index (κ3) is 3.00. The summed E-state index contributed by atoms with van der Waals surface area (Å²) in [5, 5.41) is 3.41. The molecule has 21 heavy (non-hydrogen) atoms. The Hall–Kier alpha value is -2.07. The van der Waals surface area contributed by atoms with Crippen molar-refractivity contribution < 1.29 is 4.74 Å². The van der Waals surface area contributed by atoms with Gasteiger partial charge < -0.3 is 15.8 Å². The first-order valence-corrected chi connectivity index (χ1v) is 7.43. The fourth-order valence-electron chi connectivity index (χ4n) is 2.61. The molecule has 0 aromatic heterocycles. The molecule has 1 unspecified atom stereocenters. The summed E-state index contributed by atoms with van der Waals surface area (Å²) >= 11 is 5.12. The Kier molecular flexibility index (Phi) is 3.80. The van der Waals surface area contributed by atoms with Gasteiger partial charge in [0.1, 0.15) is 16.8 Å². The second-order valence-corrected chi connectivity index (χ2v) is 5.79. The van der Waals surface area contributed by atoms with Crippen LogP contribution in [0.5, 0.6) is 5.75 Å². The maximum Gasteiger partial charge on any atom is 0.123 e. The highest BCUT2D eigenvalue weighted by Crippen LogP contribution is 2.28. The van der Waals surface area contributed by atoms with Crippen LogP contribution >= 0.6 is 12.2 Å². The highest BCUT2D eigenvalue weighted by molar-refractivity contribution is 7.80. The Morgan fingerprint density at radius 3 is 2.90 bits per heavy atom. The molecule has 3 rings (SSSR count). The summed E-state index contributed by atoms with van der Waals surface area (Å²) in [5.41, 5.74) is 10.1. The maximum absolute atomic E-state index is 5.93. The van der Waals surface area contributed by atoms with Gasteiger partial charge in [-0.1, -0.05) is 42.0 Å². The molecule has 0 spiro atoms. The van der Waals surface area contributed by atoms with Crippen LogP contribution in [0.2, 0.25) is 0 Å². The van der Waals surface area contributed by atoms with Gasteiger partial charge in [0.05, 0.1) is 6.54 Å². The van der Waals surface area contributed by atoms with Crippen LogP contribution in [0.3, 0.4) is 0 Å². The lowest BCUT2D eigenvalue weighted by atomic mass is 10.1. The van der Waals surface area contributed by atoms with Crippen LogP contribution < -0.4 is 15.8 Å². The second kappa shape index (κ2) is 5.74. The van der Waals surface area contributed by atoms with Gasteiger partial charge in [0.2, 0.25) is 0 Å². The number of thiocarbonyl (C=S) groups is 1. The van der Waals surface area contributed by atoms with Crippen molar-refractivity contribution in [2.45, 2.75) is 19.4 Å². The summed E-state index contributed by atoms with van der Waals surface area (Å²) in [6, 6.07) is 14.3. The topological polar surface area (TPSA) is 47.3 Å². The highest BCUT2D eigenvalue weighted by Gasteiger charge is 2.22. The molecule has 0 amide bonds. The number of benzene rings is 2. The standard InChI is InChI=1S/C17H18N2OS/c1-11-6-7-15(14(8-11)17(18)21)19-10-13-9-12-4-2-3-5-16(12)20-13/h2-8,13,19H,9-10H2,1H3,(H2,18,21). The number of nitrogens with one attached hydrogen (secondary N) is 1. The van der Waals surface area contributed by atoms with Crippen LogP contribution in [0.25, 0.3) is 0 Å². The summed E-state index contributed by atoms with van der Waals surface area (Å²) in [7, 11) is 0. The third-order valence-electron chi connectivity index (χ3n) is 3.67. The lowest BCUT2D eigenvalue weighted by molar-refractivity contribution is 0.246. The molecule has 108 valence electrons. The van der Waals surface area contributed by atoms with Crippen molar-refractivity contribution in [3.8, 4) is 5.75 Å². The van der Waals surface area contributed by atoms with Gasteiger partial charge in [0.15, 0.2) is 0 Å². The highest BCUT2D eigenvalue weighted by atomic mass is 32.1. The van der Waals surface area contributed by atoms with Crippen LogP contribution in [-0.2, 0) is 6.42 Å². The van der Waals surface area contributed by atoms with E-state index >= 15 is 0 Å². The van der Waals surface area contributed by atoms with E-state index in [0.717, 1.165) is 35.5 Å². The minimum atomic E-state index is 0.142.